The van der Waals surface area contributed by atoms with E-state index in [0.717, 1.165) is 0 Å². The van der Waals surface area contributed by atoms with Gasteiger partial charge in [0.05, 0.1) is 6.10 Å². The van der Waals surface area contributed by atoms with E-state index in [2.05, 4.69) is 33.0 Å². The molecule has 0 aromatic rings. The Labute approximate surface area is 87.2 Å². The van der Waals surface area contributed by atoms with Crippen molar-refractivity contribution in [2.75, 3.05) is 6.54 Å². The number of hydrogen-bond donors (Lipinski definition) is 1. The first-order valence-corrected chi connectivity index (χ1v) is 5.18. The smallest absolute Gasteiger partial charge is 0.407 e. The topological polar surface area (TPSA) is 38.3 Å². The van der Waals surface area contributed by atoms with Gasteiger partial charge in [0.15, 0.2) is 0 Å². The van der Waals surface area contributed by atoms with Crippen LogP contribution in [-0.4, -0.2) is 18.7 Å². The SMILES string of the molecule is CC(C)OC(=O)NCC(C)C(C)(C)C. The van der Waals surface area contributed by atoms with E-state index in [9.17, 15) is 4.79 Å². The van der Waals surface area contributed by atoms with Crippen LogP contribution in [0.5, 0.6) is 0 Å². The predicted octanol–water partition coefficient (Wildman–Crippen LogP) is 2.80. The molecular weight excluding hydrogens is 178 g/mol. The molecule has 0 radical (unpaired) electrons. The van der Waals surface area contributed by atoms with Gasteiger partial charge in [-0.1, -0.05) is 27.7 Å². The Morgan fingerprint density at radius 3 is 2.14 bits per heavy atom. The summed E-state index contributed by atoms with van der Waals surface area (Å²) in [7, 11) is 0. The van der Waals surface area contributed by atoms with Crippen molar-refractivity contribution in [1.29, 1.82) is 0 Å². The van der Waals surface area contributed by atoms with Crippen LogP contribution in [0.2, 0.25) is 0 Å². The summed E-state index contributed by atoms with van der Waals surface area (Å²) in [5.74, 6) is 0.433. The Hall–Kier alpha value is -0.730. The maximum absolute atomic E-state index is 11.2. The summed E-state index contributed by atoms with van der Waals surface area (Å²) >= 11 is 0. The minimum atomic E-state index is -0.323. The van der Waals surface area contributed by atoms with Crippen LogP contribution in [0.1, 0.15) is 41.5 Å². The fourth-order valence-corrected chi connectivity index (χ4v) is 0.798. The van der Waals surface area contributed by atoms with Gasteiger partial charge in [-0.2, -0.15) is 0 Å². The molecule has 84 valence electrons. The van der Waals surface area contributed by atoms with Gasteiger partial charge in [0.2, 0.25) is 0 Å². The van der Waals surface area contributed by atoms with Crippen LogP contribution in [0.3, 0.4) is 0 Å². The van der Waals surface area contributed by atoms with Gasteiger partial charge in [-0.15, -0.1) is 0 Å². The van der Waals surface area contributed by atoms with E-state index in [1.807, 2.05) is 13.8 Å². The van der Waals surface area contributed by atoms with Crippen LogP contribution < -0.4 is 5.32 Å². The number of amides is 1. The Kier molecular flexibility index (Phi) is 4.95. The van der Waals surface area contributed by atoms with Crippen molar-refractivity contribution in [2.45, 2.75) is 47.6 Å². The third kappa shape index (κ3) is 5.84. The Morgan fingerprint density at radius 2 is 1.79 bits per heavy atom. The molecule has 0 rings (SSSR count). The van der Waals surface area contributed by atoms with E-state index in [0.29, 0.717) is 12.5 Å². The zero-order chi connectivity index (χ0) is 11.4. The fraction of sp³-hybridized carbons (Fsp3) is 0.909. The average Bonchev–Trinajstić information content (AvgIpc) is 1.96. The van der Waals surface area contributed by atoms with Crippen LogP contribution in [0.4, 0.5) is 4.79 Å². The maximum Gasteiger partial charge on any atom is 0.407 e. The van der Waals surface area contributed by atoms with Gasteiger partial charge in [0.1, 0.15) is 0 Å². The summed E-state index contributed by atoms with van der Waals surface area (Å²) in [6.45, 7) is 12.9. The number of ether oxygens (including phenoxy) is 1. The van der Waals surface area contributed by atoms with Crippen LogP contribution in [0.15, 0.2) is 0 Å². The number of carbonyl (C=O) groups excluding carboxylic acids is 1. The summed E-state index contributed by atoms with van der Waals surface area (Å²) in [6, 6.07) is 0. The molecule has 0 aromatic carbocycles. The Bertz CT molecular complexity index is 182. The van der Waals surface area contributed by atoms with Crippen molar-refractivity contribution in [1.82, 2.24) is 5.32 Å². The van der Waals surface area contributed by atoms with Gasteiger partial charge in [-0.3, -0.25) is 0 Å². The number of rotatable bonds is 3. The summed E-state index contributed by atoms with van der Waals surface area (Å²) in [6.07, 6.45) is -0.379. The van der Waals surface area contributed by atoms with E-state index in [1.54, 1.807) is 0 Å². The van der Waals surface area contributed by atoms with Crippen molar-refractivity contribution >= 4 is 6.09 Å². The number of nitrogens with one attached hydrogen (secondary N) is 1. The Balaban J connectivity index is 3.78. The monoisotopic (exact) mass is 201 g/mol. The van der Waals surface area contributed by atoms with Crippen molar-refractivity contribution in [3.8, 4) is 0 Å². The zero-order valence-electron chi connectivity index (χ0n) is 10.2. The second kappa shape index (κ2) is 5.23. The highest BCUT2D eigenvalue weighted by atomic mass is 16.6. The first-order valence-electron chi connectivity index (χ1n) is 5.18. The quantitative estimate of drug-likeness (QED) is 0.762. The molecule has 0 heterocycles. The van der Waals surface area contributed by atoms with Crippen molar-refractivity contribution in [2.24, 2.45) is 11.3 Å². The molecule has 0 aliphatic rings. The Morgan fingerprint density at radius 1 is 1.29 bits per heavy atom. The van der Waals surface area contributed by atoms with Gasteiger partial charge in [-0.25, -0.2) is 4.79 Å². The lowest BCUT2D eigenvalue weighted by Crippen LogP contribution is -2.34. The molecule has 1 atom stereocenters. The van der Waals surface area contributed by atoms with Crippen molar-refractivity contribution < 1.29 is 9.53 Å². The predicted molar refractivity (Wildman–Crippen MR) is 58.2 cm³/mol. The molecule has 0 fully saturated rings. The van der Waals surface area contributed by atoms with E-state index in [-0.39, 0.29) is 17.6 Å². The number of alkyl carbamates (subject to hydrolysis) is 1. The fourth-order valence-electron chi connectivity index (χ4n) is 0.798. The molecule has 14 heavy (non-hydrogen) atoms. The minimum Gasteiger partial charge on any atom is -0.447 e. The summed E-state index contributed by atoms with van der Waals surface area (Å²) < 4.78 is 4.96. The minimum absolute atomic E-state index is 0.0556. The molecule has 0 aliphatic heterocycles. The van der Waals surface area contributed by atoms with Gasteiger partial charge >= 0.3 is 6.09 Å². The molecule has 3 nitrogen and oxygen atoms in total. The molecular formula is C11H23NO2. The number of hydrogen-bond acceptors (Lipinski definition) is 2. The third-order valence-corrected chi connectivity index (χ3v) is 2.37. The first kappa shape index (κ1) is 13.3. The molecule has 1 amide bonds. The molecule has 0 spiro atoms. The maximum atomic E-state index is 11.2. The molecule has 1 unspecified atom stereocenters. The van der Waals surface area contributed by atoms with E-state index < -0.39 is 0 Å². The highest BCUT2D eigenvalue weighted by Gasteiger charge is 2.20. The summed E-state index contributed by atoms with van der Waals surface area (Å²) in [4.78, 5) is 11.2. The van der Waals surface area contributed by atoms with Crippen LogP contribution in [-0.2, 0) is 4.74 Å². The van der Waals surface area contributed by atoms with E-state index in [4.69, 9.17) is 4.74 Å². The summed E-state index contributed by atoms with van der Waals surface area (Å²) in [5.41, 5.74) is 0.213. The molecule has 0 aliphatic carbocycles. The molecule has 3 heteroatoms. The first-order chi connectivity index (χ1) is 6.23. The molecule has 0 aromatic heterocycles. The molecule has 1 N–H and O–H groups in total. The van der Waals surface area contributed by atoms with Crippen LogP contribution >= 0.6 is 0 Å². The van der Waals surface area contributed by atoms with Crippen LogP contribution in [0, 0.1) is 11.3 Å². The third-order valence-electron chi connectivity index (χ3n) is 2.37. The van der Waals surface area contributed by atoms with Gasteiger partial charge in [0.25, 0.3) is 0 Å². The average molecular weight is 201 g/mol. The standard InChI is InChI=1S/C11H23NO2/c1-8(2)14-10(13)12-7-9(3)11(4,5)6/h8-9H,7H2,1-6H3,(H,12,13). The van der Waals surface area contributed by atoms with E-state index in [1.165, 1.54) is 0 Å². The second-order valence-corrected chi connectivity index (χ2v) is 5.10. The van der Waals surface area contributed by atoms with Crippen molar-refractivity contribution in [3.05, 3.63) is 0 Å². The normalized spacial score (nSPS) is 13.9. The lowest BCUT2D eigenvalue weighted by molar-refractivity contribution is 0.112. The molecule has 0 saturated carbocycles. The van der Waals surface area contributed by atoms with Crippen LogP contribution in [0.25, 0.3) is 0 Å². The summed E-state index contributed by atoms with van der Waals surface area (Å²) in [5, 5.41) is 2.76. The molecule has 0 saturated heterocycles. The number of carbonyl (C=O) groups is 1. The lowest BCUT2D eigenvalue weighted by atomic mass is 9.82. The van der Waals surface area contributed by atoms with Gasteiger partial charge < -0.3 is 10.1 Å². The highest BCUT2D eigenvalue weighted by molar-refractivity contribution is 5.67. The lowest BCUT2D eigenvalue weighted by Gasteiger charge is -2.27. The van der Waals surface area contributed by atoms with E-state index >= 15 is 0 Å². The second-order valence-electron chi connectivity index (χ2n) is 5.10. The highest BCUT2D eigenvalue weighted by Crippen LogP contribution is 2.24. The molecule has 0 bridgehead atoms. The van der Waals surface area contributed by atoms with Crippen molar-refractivity contribution in [3.63, 3.8) is 0 Å². The van der Waals surface area contributed by atoms with Gasteiger partial charge in [0, 0.05) is 6.54 Å². The largest absolute Gasteiger partial charge is 0.447 e. The van der Waals surface area contributed by atoms with Gasteiger partial charge in [-0.05, 0) is 25.2 Å². The zero-order valence-corrected chi connectivity index (χ0v) is 10.2.